The number of phenolic OH excluding ortho intramolecular Hbond substituents is 1. The minimum Gasteiger partial charge on any atom is -0.508 e. The Morgan fingerprint density at radius 3 is 3.08 bits per heavy atom. The van der Waals surface area contributed by atoms with Crippen LogP contribution in [0.15, 0.2) is 30.3 Å². The molecule has 0 aliphatic carbocycles. The molecule has 0 fully saturated rings. The molecule has 0 aliphatic heterocycles. The number of nitrogens with zero attached hydrogens (tertiary/aromatic N) is 1. The maximum Gasteiger partial charge on any atom is 0.116 e. The second-order valence-corrected chi connectivity index (χ2v) is 2.49. The van der Waals surface area contributed by atoms with Gasteiger partial charge in [-0.15, -0.1) is 0 Å². The molecule has 2 nitrogen and oxygen atoms in total. The Bertz CT molecular complexity index is 637. The minimum atomic E-state index is -0.677. The van der Waals surface area contributed by atoms with Crippen LogP contribution < -0.4 is 0 Å². The average Bonchev–Trinajstić information content (AvgIpc) is 2.30. The predicted molar refractivity (Wildman–Crippen MR) is 48.4 cm³/mol. The summed E-state index contributed by atoms with van der Waals surface area (Å²) in [6.45, 7) is 0. The van der Waals surface area contributed by atoms with Gasteiger partial charge in [0.15, 0.2) is 0 Å². The smallest absolute Gasteiger partial charge is 0.116 e. The fraction of sp³-hybridized carbons (Fsp3) is 0. The molecule has 0 spiro atoms. The molecule has 1 heterocycles. The third-order valence-electron chi connectivity index (χ3n) is 1.33. The molecule has 2 rings (SSSR count). The molecule has 12 heavy (non-hydrogen) atoms. The summed E-state index contributed by atoms with van der Waals surface area (Å²) in [5.41, 5.74) is -0.121. The van der Waals surface area contributed by atoms with Gasteiger partial charge in [0.05, 0.1) is 17.4 Å². The minimum absolute atomic E-state index is 0.0776. The maximum absolute atomic E-state index is 9.48. The van der Waals surface area contributed by atoms with E-state index >= 15 is 0 Å². The van der Waals surface area contributed by atoms with Crippen molar-refractivity contribution in [3.63, 3.8) is 0 Å². The Balaban J connectivity index is 3.12. The number of aromatic nitrogens is 1. The molecule has 0 saturated carbocycles. The quantitative estimate of drug-likeness (QED) is 0.683. The second kappa shape index (κ2) is 2.64. The van der Waals surface area contributed by atoms with E-state index in [4.69, 9.17) is 18.5 Å². The van der Waals surface area contributed by atoms with E-state index in [2.05, 4.69) is 4.98 Å². The van der Waals surface area contributed by atoms with Gasteiger partial charge in [-0.05, 0) is 24.2 Å². The lowest BCUT2D eigenvalue weighted by atomic mass is 10.2. The van der Waals surface area contributed by atoms with Crippen LogP contribution in [-0.2, 0) is 0 Å². The lowest BCUT2D eigenvalue weighted by Gasteiger charge is -1.98. The standard InChI is InChI=1S/C9H6ClNO/c10-8-3-4-11-9-2-1-6(12)5-7(8)9/h1-5,12H/i1D,2D,3D,4D,5D. The molecule has 3 heteroatoms. The van der Waals surface area contributed by atoms with Crippen molar-refractivity contribution < 1.29 is 12.0 Å². The normalized spacial score (nSPS) is 16.2. The van der Waals surface area contributed by atoms with E-state index in [9.17, 15) is 5.11 Å². The van der Waals surface area contributed by atoms with Crippen molar-refractivity contribution in [1.82, 2.24) is 4.98 Å². The van der Waals surface area contributed by atoms with Crippen LogP contribution in [0, 0.1) is 0 Å². The van der Waals surface area contributed by atoms with Crippen molar-refractivity contribution in [2.24, 2.45) is 0 Å². The van der Waals surface area contributed by atoms with Crippen molar-refractivity contribution in [3.05, 3.63) is 35.4 Å². The molecule has 0 aliphatic rings. The van der Waals surface area contributed by atoms with Crippen molar-refractivity contribution in [3.8, 4) is 5.75 Å². The fourth-order valence-corrected chi connectivity index (χ4v) is 1.01. The zero-order valence-electron chi connectivity index (χ0n) is 10.8. The molecular weight excluding hydrogens is 174 g/mol. The van der Waals surface area contributed by atoms with E-state index in [0.717, 1.165) is 0 Å². The summed E-state index contributed by atoms with van der Waals surface area (Å²) in [5, 5.41) is 9.19. The van der Waals surface area contributed by atoms with E-state index in [1.54, 1.807) is 0 Å². The fourth-order valence-electron chi connectivity index (χ4n) is 0.828. The van der Waals surface area contributed by atoms with E-state index in [1.807, 2.05) is 0 Å². The van der Waals surface area contributed by atoms with Crippen molar-refractivity contribution in [1.29, 1.82) is 0 Å². The Labute approximate surface area is 81.5 Å². The number of aromatic hydroxyl groups is 1. The Morgan fingerprint density at radius 2 is 2.25 bits per heavy atom. The lowest BCUT2D eigenvalue weighted by molar-refractivity contribution is 0.476. The third kappa shape index (κ3) is 1.10. The molecule has 60 valence electrons. The topological polar surface area (TPSA) is 33.1 Å². The highest BCUT2D eigenvalue weighted by molar-refractivity contribution is 6.35. The molecular formula is C9H6ClNO. The van der Waals surface area contributed by atoms with Crippen LogP contribution in [0.4, 0.5) is 0 Å². The zero-order chi connectivity index (χ0) is 12.9. The number of halogens is 1. The van der Waals surface area contributed by atoms with Gasteiger partial charge in [-0.25, -0.2) is 0 Å². The monoisotopic (exact) mass is 184 g/mol. The highest BCUT2D eigenvalue weighted by Gasteiger charge is 1.99. The molecule has 1 aromatic heterocycles. The zero-order valence-corrected chi connectivity index (χ0v) is 6.53. The molecule has 0 bridgehead atoms. The Hall–Kier alpha value is -1.28. The second-order valence-electron chi connectivity index (χ2n) is 2.11. The van der Waals surface area contributed by atoms with Gasteiger partial charge >= 0.3 is 0 Å². The number of hydrogen-bond donors (Lipinski definition) is 1. The van der Waals surface area contributed by atoms with Gasteiger partial charge < -0.3 is 5.11 Å². The number of fused-ring (bicyclic) bond motifs is 1. The lowest BCUT2D eigenvalue weighted by Crippen LogP contribution is -1.77. The van der Waals surface area contributed by atoms with Crippen LogP contribution >= 0.6 is 11.6 Å². The Kier molecular flexibility index (Phi) is 0.798. The predicted octanol–water partition coefficient (Wildman–Crippen LogP) is 2.59. The molecule has 1 N–H and O–H groups in total. The van der Waals surface area contributed by atoms with Gasteiger partial charge in [0.2, 0.25) is 0 Å². The summed E-state index contributed by atoms with van der Waals surface area (Å²) in [6, 6.07) is -1.77. The number of rotatable bonds is 0. The molecule has 0 amide bonds. The first-order chi connectivity index (χ1) is 7.86. The largest absolute Gasteiger partial charge is 0.508 e. The van der Waals surface area contributed by atoms with E-state index in [-0.39, 0.29) is 22.0 Å². The van der Waals surface area contributed by atoms with Crippen LogP contribution in [0.2, 0.25) is 5.02 Å². The molecule has 0 atom stereocenters. The summed E-state index contributed by atoms with van der Waals surface area (Å²) in [4.78, 5) is 3.65. The summed E-state index contributed by atoms with van der Waals surface area (Å²) in [7, 11) is 0. The van der Waals surface area contributed by atoms with Gasteiger partial charge in [0, 0.05) is 11.6 Å². The van der Waals surface area contributed by atoms with Gasteiger partial charge in [0.25, 0.3) is 0 Å². The molecule has 2 aromatic rings. The Morgan fingerprint density at radius 1 is 1.42 bits per heavy atom. The first-order valence-corrected chi connectivity index (χ1v) is 3.49. The van der Waals surface area contributed by atoms with E-state index in [0.29, 0.717) is 0 Å². The summed E-state index contributed by atoms with van der Waals surface area (Å²) < 4.78 is 37.5. The summed E-state index contributed by atoms with van der Waals surface area (Å²) >= 11 is 5.81. The van der Waals surface area contributed by atoms with Crippen LogP contribution in [0.25, 0.3) is 10.9 Å². The van der Waals surface area contributed by atoms with Gasteiger partial charge in [-0.2, -0.15) is 0 Å². The SMILES string of the molecule is [2H]c1nc2c([2H])c([2H])c(O)c([2H])c2c(Cl)c1[2H]. The summed E-state index contributed by atoms with van der Waals surface area (Å²) in [5.74, 6) is -0.677. The number of hydrogen-bond acceptors (Lipinski definition) is 2. The van der Waals surface area contributed by atoms with Gasteiger partial charge in [0.1, 0.15) is 5.75 Å². The van der Waals surface area contributed by atoms with E-state index < -0.39 is 30.0 Å². The number of benzene rings is 1. The van der Waals surface area contributed by atoms with Gasteiger partial charge in [-0.3, -0.25) is 4.98 Å². The first-order valence-electron chi connectivity index (χ1n) is 5.61. The van der Waals surface area contributed by atoms with Gasteiger partial charge in [-0.1, -0.05) is 11.6 Å². The maximum atomic E-state index is 9.48. The van der Waals surface area contributed by atoms with Crippen molar-refractivity contribution >= 4 is 22.5 Å². The van der Waals surface area contributed by atoms with Crippen LogP contribution in [0.5, 0.6) is 5.75 Å². The van der Waals surface area contributed by atoms with Crippen LogP contribution in [0.3, 0.4) is 0 Å². The molecule has 0 saturated heterocycles. The number of pyridine rings is 1. The van der Waals surface area contributed by atoms with Crippen LogP contribution in [0.1, 0.15) is 6.85 Å². The van der Waals surface area contributed by atoms with Crippen LogP contribution in [-0.4, -0.2) is 10.1 Å². The van der Waals surface area contributed by atoms with Crippen molar-refractivity contribution in [2.45, 2.75) is 0 Å². The average molecular weight is 185 g/mol. The summed E-state index contributed by atoms with van der Waals surface area (Å²) in [6.07, 6.45) is -0.430. The van der Waals surface area contributed by atoms with Crippen molar-refractivity contribution in [2.75, 3.05) is 0 Å². The highest BCUT2D eigenvalue weighted by Crippen LogP contribution is 2.24. The molecule has 0 unspecified atom stereocenters. The molecule has 1 aromatic carbocycles. The first kappa shape index (κ1) is 3.62. The highest BCUT2D eigenvalue weighted by atomic mass is 35.5. The third-order valence-corrected chi connectivity index (χ3v) is 1.62. The van der Waals surface area contributed by atoms with E-state index in [1.165, 1.54) is 0 Å². The molecule has 0 radical (unpaired) electrons. The number of phenols is 1.